The minimum atomic E-state index is 0. The molecule has 58 valence electrons. The summed E-state index contributed by atoms with van der Waals surface area (Å²) in [5, 5.41) is 0. The zero-order valence-electron chi connectivity index (χ0n) is 6.85. The summed E-state index contributed by atoms with van der Waals surface area (Å²) < 4.78 is 0. The molecule has 0 aromatic heterocycles. The van der Waals surface area contributed by atoms with Crippen LogP contribution in [0.3, 0.4) is 0 Å². The van der Waals surface area contributed by atoms with E-state index in [9.17, 15) is 0 Å². The van der Waals surface area contributed by atoms with Crippen LogP contribution in [-0.4, -0.2) is 0 Å². The molecule has 0 aromatic rings. The summed E-state index contributed by atoms with van der Waals surface area (Å²) in [6.07, 6.45) is 10.0. The van der Waals surface area contributed by atoms with Gasteiger partial charge in [0.25, 0.3) is 0 Å². The number of halogens is 1. The molecule has 0 amide bonds. The van der Waals surface area contributed by atoms with Crippen LogP contribution in [0.5, 0.6) is 0 Å². The molecule has 0 bridgehead atoms. The van der Waals surface area contributed by atoms with Gasteiger partial charge in [-0.05, 0) is 0 Å². The molecule has 0 atom stereocenters. The van der Waals surface area contributed by atoms with Crippen molar-refractivity contribution in [2.24, 2.45) is 0 Å². The van der Waals surface area contributed by atoms with E-state index in [2.05, 4.69) is 12.2 Å². The predicted molar refractivity (Wildman–Crippen MR) is 48.1 cm³/mol. The van der Waals surface area contributed by atoms with Crippen LogP contribution in [0.15, 0.2) is 18.2 Å². The van der Waals surface area contributed by atoms with Crippen LogP contribution in [0, 0.1) is 28.4 Å². The average molecular weight is 195 g/mol. The summed E-state index contributed by atoms with van der Waals surface area (Å²) in [6.45, 7) is 0. The first-order valence-corrected chi connectivity index (χ1v) is 1.72. The fraction of sp³-hybridized carbons (Fsp3) is 0.125. The standard InChI is InChI=1S/C5H5.3CH3.ClH.Ti/c1-2-4-5-3-1;;;;;/h1-3H,4H2;3*1H3;1H;/q4*-1;;+4. The SMILES string of the molecule is Cl.[C-]1=CC=CC1.[CH3-].[CH3-].[CH3-].[Ti+4]. The molecule has 0 fully saturated rings. The Kier molecular flexibility index (Phi) is 71.2. The van der Waals surface area contributed by atoms with Crippen LogP contribution in [0.1, 0.15) is 6.42 Å². The van der Waals surface area contributed by atoms with E-state index in [0.29, 0.717) is 0 Å². The molecule has 0 nitrogen and oxygen atoms in total. The van der Waals surface area contributed by atoms with Gasteiger partial charge in [-0.15, -0.1) is 18.8 Å². The molecule has 0 aromatic carbocycles. The first-order valence-electron chi connectivity index (χ1n) is 1.72. The van der Waals surface area contributed by atoms with Gasteiger partial charge in [-0.25, -0.2) is 12.2 Å². The maximum absolute atomic E-state index is 2.99. The second-order valence-corrected chi connectivity index (χ2v) is 1.00. The van der Waals surface area contributed by atoms with Gasteiger partial charge >= 0.3 is 21.7 Å². The molecule has 1 aliphatic rings. The number of hydrogen-bond acceptors (Lipinski definition) is 0. The largest absolute Gasteiger partial charge is 4.00 e. The fourth-order valence-electron chi connectivity index (χ4n) is 0.340. The van der Waals surface area contributed by atoms with Gasteiger partial charge in [-0.2, -0.15) is 6.08 Å². The molecule has 0 saturated carbocycles. The quantitative estimate of drug-likeness (QED) is 0.411. The normalized spacial score (nSPS) is 8.80. The van der Waals surface area contributed by atoms with E-state index >= 15 is 0 Å². The molecule has 0 N–H and O–H groups in total. The van der Waals surface area contributed by atoms with Crippen molar-refractivity contribution >= 4 is 12.4 Å². The van der Waals surface area contributed by atoms with Gasteiger partial charge < -0.3 is 22.3 Å². The van der Waals surface area contributed by atoms with Crippen molar-refractivity contribution in [2.45, 2.75) is 6.42 Å². The molecule has 0 aliphatic heterocycles. The number of allylic oxidation sites excluding steroid dienone is 4. The van der Waals surface area contributed by atoms with Gasteiger partial charge in [0.15, 0.2) is 0 Å². The Morgan fingerprint density at radius 3 is 1.70 bits per heavy atom. The summed E-state index contributed by atoms with van der Waals surface area (Å²) in [5.41, 5.74) is 0. The molecule has 10 heavy (non-hydrogen) atoms. The summed E-state index contributed by atoms with van der Waals surface area (Å²) in [7, 11) is 0. The van der Waals surface area contributed by atoms with E-state index in [0.717, 1.165) is 6.42 Å². The van der Waals surface area contributed by atoms with E-state index < -0.39 is 0 Å². The van der Waals surface area contributed by atoms with Gasteiger partial charge in [-0.1, -0.05) is 0 Å². The van der Waals surface area contributed by atoms with Gasteiger partial charge in [0, 0.05) is 0 Å². The summed E-state index contributed by atoms with van der Waals surface area (Å²) in [6, 6.07) is 0. The monoisotopic (exact) mass is 194 g/mol. The van der Waals surface area contributed by atoms with Crippen molar-refractivity contribution in [3.05, 3.63) is 46.6 Å². The molecule has 2 heteroatoms. The first kappa shape index (κ1) is 31.4. The third-order valence-electron chi connectivity index (χ3n) is 0.586. The van der Waals surface area contributed by atoms with Crippen LogP contribution >= 0.6 is 12.4 Å². The molecule has 1 rings (SSSR count). The van der Waals surface area contributed by atoms with Crippen molar-refractivity contribution in [2.75, 3.05) is 0 Å². The Morgan fingerprint density at radius 2 is 1.60 bits per heavy atom. The van der Waals surface area contributed by atoms with Gasteiger partial charge in [0.05, 0.1) is 0 Å². The van der Waals surface area contributed by atoms with E-state index in [4.69, 9.17) is 0 Å². The maximum Gasteiger partial charge on any atom is 4.00 e. The number of rotatable bonds is 0. The second kappa shape index (κ2) is 22.7. The third-order valence-corrected chi connectivity index (χ3v) is 0.586. The van der Waals surface area contributed by atoms with E-state index in [1.54, 1.807) is 0 Å². The first-order chi connectivity index (χ1) is 2.50. The minimum Gasteiger partial charge on any atom is -0.358 e. The zero-order chi connectivity index (χ0) is 3.54. The molecular formula is C8H15ClTi. The van der Waals surface area contributed by atoms with Gasteiger partial charge in [-0.3, -0.25) is 6.08 Å². The Bertz CT molecular complexity index is 67.3. The van der Waals surface area contributed by atoms with Crippen molar-refractivity contribution in [3.63, 3.8) is 0 Å². The average Bonchev–Trinajstić information content (AvgIpc) is 1.76. The van der Waals surface area contributed by atoms with E-state index in [1.807, 2.05) is 12.2 Å². The topological polar surface area (TPSA) is 0 Å². The second-order valence-electron chi connectivity index (χ2n) is 1.00. The smallest absolute Gasteiger partial charge is 0.358 e. The van der Waals surface area contributed by atoms with Crippen molar-refractivity contribution in [1.29, 1.82) is 0 Å². The number of hydrogen-bond donors (Lipinski definition) is 0. The van der Waals surface area contributed by atoms with Crippen LogP contribution in [-0.2, 0) is 21.7 Å². The van der Waals surface area contributed by atoms with E-state index in [1.165, 1.54) is 0 Å². The van der Waals surface area contributed by atoms with Gasteiger partial charge in [0.1, 0.15) is 0 Å². The summed E-state index contributed by atoms with van der Waals surface area (Å²) in [4.78, 5) is 0. The Balaban J connectivity index is -0.0000000167. The van der Waals surface area contributed by atoms with Crippen LogP contribution < -0.4 is 0 Å². The van der Waals surface area contributed by atoms with Crippen LogP contribution in [0.25, 0.3) is 0 Å². The molecular weight excluding hydrogens is 179 g/mol. The van der Waals surface area contributed by atoms with Gasteiger partial charge in [0.2, 0.25) is 0 Å². The predicted octanol–water partition coefficient (Wildman–Crippen LogP) is 3.08. The van der Waals surface area contributed by atoms with Crippen molar-refractivity contribution in [3.8, 4) is 0 Å². The molecule has 0 spiro atoms. The third kappa shape index (κ3) is 15.8. The van der Waals surface area contributed by atoms with Crippen LogP contribution in [0.4, 0.5) is 0 Å². The van der Waals surface area contributed by atoms with E-state index in [-0.39, 0.29) is 56.4 Å². The Hall–Kier alpha value is 0.484. The molecule has 0 saturated heterocycles. The Morgan fingerprint density at radius 1 is 1.10 bits per heavy atom. The fourth-order valence-corrected chi connectivity index (χ4v) is 0.340. The minimum absolute atomic E-state index is 0. The van der Waals surface area contributed by atoms with Crippen molar-refractivity contribution < 1.29 is 21.7 Å². The molecule has 0 unspecified atom stereocenters. The molecule has 1 aliphatic carbocycles. The summed E-state index contributed by atoms with van der Waals surface area (Å²) in [5.74, 6) is 0. The molecule has 0 radical (unpaired) electrons. The van der Waals surface area contributed by atoms with Crippen LogP contribution in [0.2, 0.25) is 0 Å². The zero-order valence-corrected chi connectivity index (χ0v) is 9.23. The summed E-state index contributed by atoms with van der Waals surface area (Å²) >= 11 is 0. The maximum atomic E-state index is 2.99. The van der Waals surface area contributed by atoms with Crippen molar-refractivity contribution in [1.82, 2.24) is 0 Å². The Labute approximate surface area is 87.1 Å². The molecule has 0 heterocycles.